The second-order valence-electron chi connectivity index (χ2n) is 9.87. The molecule has 3 amide bonds. The van der Waals surface area contributed by atoms with Crippen molar-refractivity contribution < 1.29 is 9.59 Å². The van der Waals surface area contributed by atoms with Gasteiger partial charge in [0.25, 0.3) is 0 Å². The molecule has 2 fully saturated rings. The highest BCUT2D eigenvalue weighted by atomic mass is 35.6. The molecule has 0 unspecified atom stereocenters. The molecule has 0 aromatic carbocycles. The summed E-state index contributed by atoms with van der Waals surface area (Å²) in [6, 6.07) is 1.79. The van der Waals surface area contributed by atoms with Crippen molar-refractivity contribution in [1.29, 1.82) is 0 Å². The number of fused-ring (bicyclic) bond motifs is 1. The molecule has 31 heavy (non-hydrogen) atoms. The molecule has 0 saturated carbocycles. The Bertz CT molecular complexity index is 547. The van der Waals surface area contributed by atoms with Crippen LogP contribution in [-0.4, -0.2) is 49.0 Å². The van der Waals surface area contributed by atoms with Gasteiger partial charge in [-0.2, -0.15) is 22.8 Å². The molecule has 2 heterocycles. The highest BCUT2D eigenvalue weighted by molar-refractivity contribution is 8.00. The lowest BCUT2D eigenvalue weighted by Gasteiger charge is -2.16. The van der Waals surface area contributed by atoms with Gasteiger partial charge in [0.05, 0.1) is 12.1 Å². The first-order chi connectivity index (χ1) is 14.8. The quantitative estimate of drug-likeness (QED) is 0.105. The zero-order valence-corrected chi connectivity index (χ0v) is 22.2. The van der Waals surface area contributed by atoms with Crippen molar-refractivity contribution in [2.24, 2.45) is 0 Å². The van der Waals surface area contributed by atoms with Crippen LogP contribution in [-0.2, 0) is 4.79 Å². The number of amides is 3. The Balaban J connectivity index is 1.32. The summed E-state index contributed by atoms with van der Waals surface area (Å²) < 4.78 is 0. The lowest BCUT2D eigenvalue weighted by atomic mass is 10.0. The van der Waals surface area contributed by atoms with Gasteiger partial charge in [0, 0.05) is 24.0 Å². The van der Waals surface area contributed by atoms with Gasteiger partial charge in [-0.25, -0.2) is 4.79 Å². The third-order valence-electron chi connectivity index (χ3n) is 6.35. The van der Waals surface area contributed by atoms with Crippen LogP contribution in [0.1, 0.15) is 83.5 Å². The predicted molar refractivity (Wildman–Crippen MR) is 137 cm³/mol. The topological polar surface area (TPSA) is 70.2 Å². The molecule has 2 saturated heterocycles. The highest BCUT2D eigenvalue weighted by Gasteiger charge is 2.42. The van der Waals surface area contributed by atoms with E-state index in [9.17, 15) is 9.59 Å². The van der Waals surface area contributed by atoms with Gasteiger partial charge < -0.3 is 16.0 Å². The van der Waals surface area contributed by atoms with E-state index in [1.54, 1.807) is 0 Å². The van der Waals surface area contributed by atoms with Gasteiger partial charge in [-0.15, -0.1) is 0 Å². The van der Waals surface area contributed by atoms with Gasteiger partial charge in [0.2, 0.25) is 5.91 Å². The third-order valence-corrected chi connectivity index (χ3v) is 9.97. The van der Waals surface area contributed by atoms with E-state index in [0.717, 1.165) is 38.0 Å². The Morgan fingerprint density at radius 2 is 1.65 bits per heavy atom. The summed E-state index contributed by atoms with van der Waals surface area (Å²) in [5.74, 6) is 1.19. The molecule has 0 aromatic rings. The Hall–Kier alpha value is -0.403. The highest BCUT2D eigenvalue weighted by Crippen LogP contribution is 2.33. The second kappa shape index (κ2) is 14.7. The average molecular weight is 490 g/mol. The minimum absolute atomic E-state index is 0.0248. The van der Waals surface area contributed by atoms with Crippen molar-refractivity contribution in [3.05, 3.63) is 0 Å². The molecule has 3 N–H and O–H groups in total. The molecule has 0 bridgehead atoms. The molecule has 2 aliphatic heterocycles. The third kappa shape index (κ3) is 11.9. The largest absolute Gasteiger partial charge is 0.356 e. The Morgan fingerprint density at radius 1 is 1.00 bits per heavy atom. The van der Waals surface area contributed by atoms with E-state index < -0.39 is 7.38 Å². The van der Waals surface area contributed by atoms with Crippen LogP contribution in [0.4, 0.5) is 4.79 Å². The van der Waals surface area contributed by atoms with Crippen molar-refractivity contribution >= 4 is 42.2 Å². The van der Waals surface area contributed by atoms with Crippen LogP contribution in [0, 0.1) is 0 Å². The maximum atomic E-state index is 12.0. The lowest BCUT2D eigenvalue weighted by Crippen LogP contribution is -2.36. The van der Waals surface area contributed by atoms with Crippen LogP contribution in [0.2, 0.25) is 19.1 Å². The first-order valence-corrected chi connectivity index (χ1v) is 17.8. The van der Waals surface area contributed by atoms with E-state index >= 15 is 0 Å². The molecule has 180 valence electrons. The zero-order chi connectivity index (χ0) is 22.5. The monoisotopic (exact) mass is 489 g/mol. The number of urea groups is 1. The predicted octanol–water partition coefficient (Wildman–Crippen LogP) is 5.78. The molecule has 0 aromatic heterocycles. The summed E-state index contributed by atoms with van der Waals surface area (Å²) in [6.07, 6.45) is 15.3. The van der Waals surface area contributed by atoms with Gasteiger partial charge in [0.15, 0.2) is 0 Å². The SMILES string of the molecule is C[Si](C)(Cl)CCCCCCCCCCCNC(=O)CCCC[C@@H]1SC[C@@H]2NC(=O)N[C@@H]21. The summed E-state index contributed by atoms with van der Waals surface area (Å²) in [4.78, 5) is 23.4. The van der Waals surface area contributed by atoms with Crippen LogP contribution in [0.3, 0.4) is 0 Å². The van der Waals surface area contributed by atoms with Gasteiger partial charge in [-0.05, 0) is 25.3 Å². The standard InChI is InChI=1S/C23H44ClN3O2SSi/c1-31(2,24)17-13-9-7-5-3-4-6-8-12-16-25-21(28)15-11-10-14-20-22-19(18-30-20)26-23(29)27-22/h19-20,22H,3-18H2,1-2H3,(H,25,28)(H2,26,27,29)/t19-,20-,22-/m0/s1. The molecular weight excluding hydrogens is 446 g/mol. The van der Waals surface area contributed by atoms with Crippen LogP contribution < -0.4 is 16.0 Å². The Labute approximate surface area is 199 Å². The number of rotatable bonds is 17. The normalized spacial score (nSPS) is 22.8. The van der Waals surface area contributed by atoms with E-state index in [4.69, 9.17) is 11.1 Å². The summed E-state index contributed by atoms with van der Waals surface area (Å²) in [6.45, 7) is 5.28. The van der Waals surface area contributed by atoms with Crippen LogP contribution >= 0.6 is 22.8 Å². The molecule has 5 nitrogen and oxygen atoms in total. The average Bonchev–Trinajstić information content (AvgIpc) is 3.24. The summed E-state index contributed by atoms with van der Waals surface area (Å²) >= 11 is 8.29. The molecule has 0 spiro atoms. The lowest BCUT2D eigenvalue weighted by molar-refractivity contribution is -0.121. The number of carbonyl (C=O) groups excluding carboxylic acids is 2. The maximum Gasteiger partial charge on any atom is 0.315 e. The first-order valence-electron chi connectivity index (χ1n) is 12.5. The number of thioether (sulfide) groups is 1. The zero-order valence-electron chi connectivity index (χ0n) is 19.6. The molecule has 2 aliphatic rings. The number of hydrogen-bond donors (Lipinski definition) is 3. The maximum absolute atomic E-state index is 12.0. The van der Waals surface area contributed by atoms with Gasteiger partial charge in [-0.1, -0.05) is 70.9 Å². The summed E-state index contributed by atoms with van der Waals surface area (Å²) in [5, 5.41) is 9.57. The fraction of sp³-hybridized carbons (Fsp3) is 0.913. The fourth-order valence-corrected chi connectivity index (χ4v) is 7.53. The van der Waals surface area contributed by atoms with Crippen molar-refractivity contribution in [3.8, 4) is 0 Å². The number of carbonyl (C=O) groups is 2. The smallest absolute Gasteiger partial charge is 0.315 e. The Morgan fingerprint density at radius 3 is 2.32 bits per heavy atom. The van der Waals surface area contributed by atoms with E-state index in [-0.39, 0.29) is 18.0 Å². The summed E-state index contributed by atoms with van der Waals surface area (Å²) in [5.41, 5.74) is 0. The molecule has 0 radical (unpaired) electrons. The molecule has 3 atom stereocenters. The number of unbranched alkanes of at least 4 members (excludes halogenated alkanes) is 9. The molecular formula is C23H44ClN3O2SSi. The molecule has 0 aliphatic carbocycles. The van der Waals surface area contributed by atoms with Crippen molar-refractivity contribution in [3.63, 3.8) is 0 Å². The fourth-order valence-electron chi connectivity index (χ4n) is 4.50. The molecule has 2 rings (SSSR count). The summed E-state index contributed by atoms with van der Waals surface area (Å²) in [7, 11) is -1.35. The van der Waals surface area contributed by atoms with Crippen molar-refractivity contribution in [2.75, 3.05) is 12.3 Å². The number of hydrogen-bond acceptors (Lipinski definition) is 3. The van der Waals surface area contributed by atoms with Gasteiger partial charge in [0.1, 0.15) is 7.38 Å². The van der Waals surface area contributed by atoms with Crippen LogP contribution in [0.5, 0.6) is 0 Å². The van der Waals surface area contributed by atoms with E-state index in [2.05, 4.69) is 29.0 Å². The minimum atomic E-state index is -1.35. The van der Waals surface area contributed by atoms with E-state index in [1.165, 1.54) is 57.4 Å². The minimum Gasteiger partial charge on any atom is -0.356 e. The molecule has 8 heteroatoms. The van der Waals surface area contributed by atoms with Gasteiger partial charge >= 0.3 is 6.03 Å². The van der Waals surface area contributed by atoms with Crippen molar-refractivity contribution in [1.82, 2.24) is 16.0 Å². The van der Waals surface area contributed by atoms with E-state index in [0.29, 0.717) is 17.7 Å². The van der Waals surface area contributed by atoms with Crippen LogP contribution in [0.15, 0.2) is 0 Å². The second-order valence-corrected chi connectivity index (χ2v) is 18.1. The van der Waals surface area contributed by atoms with Crippen molar-refractivity contribution in [2.45, 2.75) is 120 Å². The Kier molecular flexibility index (Phi) is 12.7. The van der Waals surface area contributed by atoms with Crippen LogP contribution in [0.25, 0.3) is 0 Å². The number of nitrogens with one attached hydrogen (secondary N) is 3. The number of halogens is 1. The first kappa shape index (κ1) is 26.8. The van der Waals surface area contributed by atoms with Gasteiger partial charge in [-0.3, -0.25) is 4.79 Å². The van der Waals surface area contributed by atoms with E-state index in [1.807, 2.05) is 11.8 Å².